The standard InChI is InChI=1S/C13H14ClF5N2/c14-10-7-8(1-2-9(10)13(17,18)19)11(12(15)16)21-5-3-20-4-6-21/h1-2,7,11-12,20H,3-6H2/t11-/m0/s1. The normalized spacial score (nSPS) is 19.0. The van der Waals surface area contributed by atoms with Crippen molar-refractivity contribution in [1.82, 2.24) is 10.2 Å². The van der Waals surface area contributed by atoms with E-state index in [4.69, 9.17) is 11.6 Å². The highest BCUT2D eigenvalue weighted by atomic mass is 35.5. The van der Waals surface area contributed by atoms with E-state index in [1.165, 1.54) is 0 Å². The van der Waals surface area contributed by atoms with Crippen LogP contribution in [0, 0.1) is 0 Å². The molecule has 1 aromatic rings. The first-order chi connectivity index (χ1) is 9.80. The molecule has 1 aliphatic heterocycles. The van der Waals surface area contributed by atoms with Crippen molar-refractivity contribution in [2.75, 3.05) is 26.2 Å². The number of nitrogens with one attached hydrogen (secondary N) is 1. The molecule has 0 spiro atoms. The van der Waals surface area contributed by atoms with E-state index in [2.05, 4.69) is 5.32 Å². The molecule has 0 radical (unpaired) electrons. The van der Waals surface area contributed by atoms with E-state index in [9.17, 15) is 22.0 Å². The maximum absolute atomic E-state index is 13.3. The van der Waals surface area contributed by atoms with Gasteiger partial charge < -0.3 is 5.32 Å². The van der Waals surface area contributed by atoms with Crippen LogP contribution in [0.25, 0.3) is 0 Å². The molecule has 0 unspecified atom stereocenters. The van der Waals surface area contributed by atoms with E-state index in [0.717, 1.165) is 18.2 Å². The van der Waals surface area contributed by atoms with Gasteiger partial charge in [-0.1, -0.05) is 17.7 Å². The van der Waals surface area contributed by atoms with Gasteiger partial charge in [-0.25, -0.2) is 8.78 Å². The van der Waals surface area contributed by atoms with Crippen LogP contribution in [-0.4, -0.2) is 37.5 Å². The summed E-state index contributed by atoms with van der Waals surface area (Å²) in [7, 11) is 0. The van der Waals surface area contributed by atoms with Crippen molar-refractivity contribution in [2.45, 2.75) is 18.6 Å². The largest absolute Gasteiger partial charge is 0.417 e. The maximum atomic E-state index is 13.3. The summed E-state index contributed by atoms with van der Waals surface area (Å²) in [6.07, 6.45) is -7.29. The van der Waals surface area contributed by atoms with Crippen LogP contribution in [0.5, 0.6) is 0 Å². The van der Waals surface area contributed by atoms with Crippen molar-refractivity contribution < 1.29 is 22.0 Å². The molecule has 1 fully saturated rings. The number of nitrogens with zero attached hydrogens (tertiary/aromatic N) is 1. The smallest absolute Gasteiger partial charge is 0.314 e. The molecular weight excluding hydrogens is 315 g/mol. The number of hydrogen-bond acceptors (Lipinski definition) is 2. The third-order valence-corrected chi connectivity index (χ3v) is 3.74. The summed E-state index contributed by atoms with van der Waals surface area (Å²) in [6.45, 7) is 1.95. The molecule has 0 aromatic heterocycles. The topological polar surface area (TPSA) is 15.3 Å². The van der Waals surface area contributed by atoms with Gasteiger partial charge in [-0.3, -0.25) is 4.90 Å². The molecule has 21 heavy (non-hydrogen) atoms. The second-order valence-electron chi connectivity index (χ2n) is 4.80. The molecule has 2 nitrogen and oxygen atoms in total. The Labute approximate surface area is 123 Å². The van der Waals surface area contributed by atoms with Crippen molar-refractivity contribution in [3.8, 4) is 0 Å². The summed E-state index contributed by atoms with van der Waals surface area (Å²) in [5, 5.41) is 2.48. The number of rotatable bonds is 3. The summed E-state index contributed by atoms with van der Waals surface area (Å²) in [4.78, 5) is 1.56. The van der Waals surface area contributed by atoms with Gasteiger partial charge in [0.2, 0.25) is 0 Å². The lowest BCUT2D eigenvalue weighted by Crippen LogP contribution is -2.46. The molecule has 1 heterocycles. The highest BCUT2D eigenvalue weighted by Gasteiger charge is 2.35. The van der Waals surface area contributed by atoms with Crippen molar-refractivity contribution in [1.29, 1.82) is 0 Å². The van der Waals surface area contributed by atoms with Crippen LogP contribution in [0.1, 0.15) is 17.2 Å². The SMILES string of the molecule is FC(F)[C@H](c1ccc(C(F)(F)F)c(Cl)c1)N1CCNCC1. The summed E-state index contributed by atoms with van der Waals surface area (Å²) in [6, 6.07) is 1.58. The van der Waals surface area contributed by atoms with Gasteiger partial charge in [0, 0.05) is 26.2 Å². The Bertz CT molecular complexity index is 486. The van der Waals surface area contributed by atoms with Crippen molar-refractivity contribution in [3.63, 3.8) is 0 Å². The Morgan fingerprint density at radius 1 is 1.14 bits per heavy atom. The summed E-state index contributed by atoms with van der Waals surface area (Å²) < 4.78 is 64.5. The lowest BCUT2D eigenvalue weighted by molar-refractivity contribution is -0.137. The second kappa shape index (κ2) is 6.46. The van der Waals surface area contributed by atoms with Crippen LogP contribution in [-0.2, 0) is 6.18 Å². The maximum Gasteiger partial charge on any atom is 0.417 e. The second-order valence-corrected chi connectivity index (χ2v) is 5.21. The van der Waals surface area contributed by atoms with Gasteiger partial charge in [-0.15, -0.1) is 0 Å². The molecule has 0 saturated carbocycles. The van der Waals surface area contributed by atoms with E-state index in [1.54, 1.807) is 4.90 Å². The zero-order valence-corrected chi connectivity index (χ0v) is 11.7. The Kier molecular flexibility index (Phi) is 5.06. The number of piperazine rings is 1. The molecule has 8 heteroatoms. The Morgan fingerprint density at radius 3 is 2.24 bits per heavy atom. The lowest BCUT2D eigenvalue weighted by atomic mass is 10.0. The third kappa shape index (κ3) is 3.84. The summed E-state index contributed by atoms with van der Waals surface area (Å²) in [5.41, 5.74) is -0.911. The first-order valence-corrected chi connectivity index (χ1v) is 6.78. The molecule has 1 aromatic carbocycles. The van der Waals surface area contributed by atoms with Crippen molar-refractivity contribution in [2.24, 2.45) is 0 Å². The van der Waals surface area contributed by atoms with Crippen LogP contribution in [0.15, 0.2) is 18.2 Å². The molecule has 2 rings (SSSR count). The highest BCUT2D eigenvalue weighted by molar-refractivity contribution is 6.31. The van der Waals surface area contributed by atoms with E-state index in [-0.39, 0.29) is 5.56 Å². The van der Waals surface area contributed by atoms with Crippen LogP contribution in [0.2, 0.25) is 5.02 Å². The lowest BCUT2D eigenvalue weighted by Gasteiger charge is -2.34. The van der Waals surface area contributed by atoms with Gasteiger partial charge in [-0.2, -0.15) is 13.2 Å². The average molecular weight is 329 g/mol. The van der Waals surface area contributed by atoms with Crippen LogP contribution < -0.4 is 5.32 Å². The summed E-state index contributed by atoms with van der Waals surface area (Å²) in [5.74, 6) is 0. The Hall–Kier alpha value is -0.920. The van der Waals surface area contributed by atoms with Crippen molar-refractivity contribution >= 4 is 11.6 Å². The highest BCUT2D eigenvalue weighted by Crippen LogP contribution is 2.37. The van der Waals surface area contributed by atoms with Gasteiger partial charge >= 0.3 is 6.18 Å². The Morgan fingerprint density at radius 2 is 1.76 bits per heavy atom. The van der Waals surface area contributed by atoms with Crippen LogP contribution in [0.3, 0.4) is 0 Å². The zero-order valence-electron chi connectivity index (χ0n) is 10.9. The van der Waals surface area contributed by atoms with Crippen molar-refractivity contribution in [3.05, 3.63) is 34.3 Å². The molecule has 0 bridgehead atoms. The molecule has 0 aliphatic carbocycles. The quantitative estimate of drug-likeness (QED) is 0.853. The van der Waals surface area contributed by atoms with Gasteiger partial charge in [0.05, 0.1) is 16.6 Å². The predicted molar refractivity (Wildman–Crippen MR) is 69.6 cm³/mol. The van der Waals surface area contributed by atoms with E-state index >= 15 is 0 Å². The molecule has 1 atom stereocenters. The first kappa shape index (κ1) is 16.5. The first-order valence-electron chi connectivity index (χ1n) is 6.40. The fourth-order valence-corrected chi connectivity index (χ4v) is 2.72. The van der Waals surface area contributed by atoms with E-state index in [1.807, 2.05) is 0 Å². The molecule has 0 amide bonds. The molecule has 1 aliphatic rings. The van der Waals surface area contributed by atoms with Crippen LogP contribution in [0.4, 0.5) is 22.0 Å². The average Bonchev–Trinajstić information content (AvgIpc) is 2.38. The van der Waals surface area contributed by atoms with Crippen LogP contribution >= 0.6 is 11.6 Å². The summed E-state index contributed by atoms with van der Waals surface area (Å²) >= 11 is 5.61. The Balaban J connectivity index is 2.31. The number of alkyl halides is 5. The molecular formula is C13H14ClF5N2. The molecule has 1 N–H and O–H groups in total. The van der Waals surface area contributed by atoms with E-state index < -0.39 is 29.2 Å². The minimum absolute atomic E-state index is 0.102. The minimum Gasteiger partial charge on any atom is -0.314 e. The molecule has 1 saturated heterocycles. The molecule has 118 valence electrons. The van der Waals surface area contributed by atoms with Gasteiger partial charge in [-0.05, 0) is 17.7 Å². The number of hydrogen-bond donors (Lipinski definition) is 1. The van der Waals surface area contributed by atoms with Gasteiger partial charge in [0.1, 0.15) is 0 Å². The third-order valence-electron chi connectivity index (χ3n) is 3.42. The van der Waals surface area contributed by atoms with Gasteiger partial charge in [0.15, 0.2) is 0 Å². The number of halogens is 6. The fourth-order valence-electron chi connectivity index (χ4n) is 2.42. The fraction of sp³-hybridized carbons (Fsp3) is 0.538. The predicted octanol–water partition coefficient (Wildman–Crippen LogP) is 3.57. The monoisotopic (exact) mass is 328 g/mol. The minimum atomic E-state index is -4.59. The zero-order chi connectivity index (χ0) is 15.6. The van der Waals surface area contributed by atoms with Gasteiger partial charge in [0.25, 0.3) is 6.43 Å². The number of benzene rings is 1. The van der Waals surface area contributed by atoms with E-state index in [0.29, 0.717) is 26.2 Å².